The Bertz CT molecular complexity index is 575. The minimum atomic E-state index is 0.141. The first-order chi connectivity index (χ1) is 9.63. The third-order valence-corrected chi connectivity index (χ3v) is 3.50. The number of hydrogen-bond acceptors (Lipinski definition) is 2. The quantitative estimate of drug-likeness (QED) is 0.880. The predicted molar refractivity (Wildman–Crippen MR) is 80.7 cm³/mol. The van der Waals surface area contributed by atoms with E-state index in [0.717, 1.165) is 16.5 Å². The Morgan fingerprint density at radius 1 is 1.35 bits per heavy atom. The highest BCUT2D eigenvalue weighted by molar-refractivity contribution is 5.88. The number of benzene rings is 1. The van der Waals surface area contributed by atoms with Crippen LogP contribution in [0.3, 0.4) is 0 Å². The Kier molecular flexibility index (Phi) is 4.79. The van der Waals surface area contributed by atoms with Crippen molar-refractivity contribution in [2.24, 2.45) is 0 Å². The molecule has 20 heavy (non-hydrogen) atoms. The number of methoxy groups -OCH3 is 1. The van der Waals surface area contributed by atoms with E-state index in [1.54, 1.807) is 7.11 Å². The van der Waals surface area contributed by atoms with Gasteiger partial charge >= 0.3 is 0 Å². The number of ether oxygens (including phenoxy) is 1. The number of carbonyl (C=O) groups is 1. The fourth-order valence-corrected chi connectivity index (χ4v) is 2.40. The van der Waals surface area contributed by atoms with Gasteiger partial charge in [0.05, 0.1) is 13.0 Å². The van der Waals surface area contributed by atoms with Gasteiger partial charge in [0.15, 0.2) is 0 Å². The van der Waals surface area contributed by atoms with Gasteiger partial charge in [0.25, 0.3) is 0 Å². The van der Waals surface area contributed by atoms with Gasteiger partial charge in [-0.3, -0.25) is 4.79 Å². The lowest BCUT2D eigenvalue weighted by molar-refractivity contribution is -0.132. The summed E-state index contributed by atoms with van der Waals surface area (Å²) in [6.07, 6.45) is 2.35. The van der Waals surface area contributed by atoms with Gasteiger partial charge in [-0.1, -0.05) is 18.2 Å². The van der Waals surface area contributed by atoms with Crippen LogP contribution in [0.25, 0.3) is 10.9 Å². The summed E-state index contributed by atoms with van der Waals surface area (Å²) >= 11 is 0. The van der Waals surface area contributed by atoms with Gasteiger partial charge in [-0.05, 0) is 25.5 Å². The topological polar surface area (TPSA) is 45.3 Å². The van der Waals surface area contributed by atoms with Crippen LogP contribution in [0.2, 0.25) is 0 Å². The van der Waals surface area contributed by atoms with Gasteiger partial charge in [-0.25, -0.2) is 0 Å². The molecule has 1 aromatic heterocycles. The van der Waals surface area contributed by atoms with Crippen LogP contribution < -0.4 is 0 Å². The number of nitrogens with zero attached hydrogens (tertiary/aromatic N) is 1. The van der Waals surface area contributed by atoms with Crippen molar-refractivity contribution in [1.82, 2.24) is 9.88 Å². The molecule has 4 heteroatoms. The summed E-state index contributed by atoms with van der Waals surface area (Å²) in [5.74, 6) is 0.141. The van der Waals surface area contributed by atoms with Gasteiger partial charge in [-0.15, -0.1) is 0 Å². The maximum atomic E-state index is 12.5. The third kappa shape index (κ3) is 3.20. The smallest absolute Gasteiger partial charge is 0.227 e. The molecule has 0 aliphatic rings. The van der Waals surface area contributed by atoms with E-state index >= 15 is 0 Å². The molecule has 1 amide bonds. The summed E-state index contributed by atoms with van der Waals surface area (Å²) in [4.78, 5) is 17.5. The Hall–Kier alpha value is -1.81. The summed E-state index contributed by atoms with van der Waals surface area (Å²) in [5.41, 5.74) is 2.12. The molecule has 1 aromatic carbocycles. The number of para-hydroxylation sites is 1. The lowest BCUT2D eigenvalue weighted by atomic mass is 10.1. The number of nitrogens with one attached hydrogen (secondary N) is 1. The van der Waals surface area contributed by atoms with E-state index in [0.29, 0.717) is 19.6 Å². The van der Waals surface area contributed by atoms with Crippen molar-refractivity contribution in [3.8, 4) is 0 Å². The summed E-state index contributed by atoms with van der Waals surface area (Å²) < 4.78 is 5.08. The van der Waals surface area contributed by atoms with Crippen molar-refractivity contribution in [3.05, 3.63) is 36.0 Å². The van der Waals surface area contributed by atoms with E-state index in [4.69, 9.17) is 4.74 Å². The highest BCUT2D eigenvalue weighted by atomic mass is 16.5. The summed E-state index contributed by atoms with van der Waals surface area (Å²) in [6, 6.07) is 8.24. The zero-order chi connectivity index (χ0) is 14.5. The third-order valence-electron chi connectivity index (χ3n) is 3.50. The molecule has 0 aliphatic heterocycles. The maximum Gasteiger partial charge on any atom is 0.227 e. The van der Waals surface area contributed by atoms with Crippen molar-refractivity contribution in [3.63, 3.8) is 0 Å². The normalized spacial score (nSPS) is 11.2. The summed E-state index contributed by atoms with van der Waals surface area (Å²) in [6.45, 7) is 5.26. The second-order valence-corrected chi connectivity index (χ2v) is 5.21. The molecule has 1 heterocycles. The molecule has 2 aromatic rings. The minimum Gasteiger partial charge on any atom is -0.383 e. The number of carbonyl (C=O) groups excluding carboxylic acids is 1. The van der Waals surface area contributed by atoms with Crippen LogP contribution in [-0.4, -0.2) is 42.1 Å². The maximum absolute atomic E-state index is 12.5. The largest absolute Gasteiger partial charge is 0.383 e. The fraction of sp³-hybridized carbons (Fsp3) is 0.438. The molecule has 2 rings (SSSR count). The number of fused-ring (bicyclic) bond motifs is 1. The van der Waals surface area contributed by atoms with Crippen LogP contribution in [0.5, 0.6) is 0 Å². The van der Waals surface area contributed by atoms with Crippen LogP contribution in [0.15, 0.2) is 30.5 Å². The molecule has 0 saturated heterocycles. The molecule has 4 nitrogen and oxygen atoms in total. The van der Waals surface area contributed by atoms with E-state index in [-0.39, 0.29) is 11.9 Å². The average molecular weight is 274 g/mol. The molecule has 0 spiro atoms. The van der Waals surface area contributed by atoms with Crippen LogP contribution in [-0.2, 0) is 16.0 Å². The standard InChI is InChI=1S/C16H22N2O2/c1-12(2)18(8-9-20-3)16(19)10-13-11-17-15-7-5-4-6-14(13)15/h4-7,11-12,17H,8-10H2,1-3H3. The highest BCUT2D eigenvalue weighted by Gasteiger charge is 2.18. The Morgan fingerprint density at radius 3 is 2.80 bits per heavy atom. The predicted octanol–water partition coefficient (Wildman–Crippen LogP) is 2.59. The number of amides is 1. The lowest BCUT2D eigenvalue weighted by Crippen LogP contribution is -2.40. The number of aromatic amines is 1. The monoisotopic (exact) mass is 274 g/mol. The fourth-order valence-electron chi connectivity index (χ4n) is 2.40. The minimum absolute atomic E-state index is 0.141. The van der Waals surface area contributed by atoms with Gasteiger partial charge in [0.2, 0.25) is 5.91 Å². The van der Waals surface area contributed by atoms with Crippen molar-refractivity contribution in [2.45, 2.75) is 26.3 Å². The molecular formula is C16H22N2O2. The number of aromatic nitrogens is 1. The van der Waals surface area contributed by atoms with E-state index < -0.39 is 0 Å². The second kappa shape index (κ2) is 6.57. The van der Waals surface area contributed by atoms with Crippen LogP contribution in [0.1, 0.15) is 19.4 Å². The molecular weight excluding hydrogens is 252 g/mol. The van der Waals surface area contributed by atoms with E-state index in [9.17, 15) is 4.79 Å². The van der Waals surface area contributed by atoms with Crippen LogP contribution in [0.4, 0.5) is 0 Å². The Labute approximate surface area is 119 Å². The molecule has 108 valence electrons. The molecule has 0 unspecified atom stereocenters. The van der Waals surface area contributed by atoms with E-state index in [1.807, 2.05) is 49.2 Å². The molecule has 0 aliphatic carbocycles. The van der Waals surface area contributed by atoms with Gasteiger partial charge in [0.1, 0.15) is 0 Å². The molecule has 0 saturated carbocycles. The van der Waals surface area contributed by atoms with Crippen molar-refractivity contribution >= 4 is 16.8 Å². The van der Waals surface area contributed by atoms with E-state index in [1.165, 1.54) is 0 Å². The number of H-pyrrole nitrogens is 1. The number of hydrogen-bond donors (Lipinski definition) is 1. The lowest BCUT2D eigenvalue weighted by Gasteiger charge is -2.26. The van der Waals surface area contributed by atoms with Crippen molar-refractivity contribution < 1.29 is 9.53 Å². The van der Waals surface area contributed by atoms with Crippen LogP contribution >= 0.6 is 0 Å². The zero-order valence-electron chi connectivity index (χ0n) is 12.3. The highest BCUT2D eigenvalue weighted by Crippen LogP contribution is 2.19. The average Bonchev–Trinajstić information content (AvgIpc) is 2.82. The first-order valence-electron chi connectivity index (χ1n) is 6.97. The van der Waals surface area contributed by atoms with Crippen molar-refractivity contribution in [2.75, 3.05) is 20.3 Å². The molecule has 0 radical (unpaired) electrons. The zero-order valence-corrected chi connectivity index (χ0v) is 12.3. The molecule has 0 bridgehead atoms. The Balaban J connectivity index is 2.13. The number of rotatable bonds is 6. The second-order valence-electron chi connectivity index (χ2n) is 5.21. The van der Waals surface area contributed by atoms with Crippen molar-refractivity contribution in [1.29, 1.82) is 0 Å². The summed E-state index contributed by atoms with van der Waals surface area (Å²) in [7, 11) is 1.66. The SMILES string of the molecule is COCCN(C(=O)Cc1c[nH]c2ccccc12)C(C)C. The van der Waals surface area contributed by atoms with Gasteiger partial charge in [-0.2, -0.15) is 0 Å². The first-order valence-corrected chi connectivity index (χ1v) is 6.97. The summed E-state index contributed by atoms with van der Waals surface area (Å²) in [5, 5.41) is 1.12. The molecule has 1 N–H and O–H groups in total. The van der Waals surface area contributed by atoms with Gasteiger partial charge in [0, 0.05) is 36.8 Å². The molecule has 0 fully saturated rings. The molecule has 0 atom stereocenters. The van der Waals surface area contributed by atoms with Gasteiger partial charge < -0.3 is 14.6 Å². The first kappa shape index (κ1) is 14.6. The van der Waals surface area contributed by atoms with Crippen LogP contribution in [0, 0.1) is 0 Å². The Morgan fingerprint density at radius 2 is 2.10 bits per heavy atom. The van der Waals surface area contributed by atoms with E-state index in [2.05, 4.69) is 4.98 Å².